The third kappa shape index (κ3) is 2.84. The highest BCUT2D eigenvalue weighted by atomic mass is 127. The van der Waals surface area contributed by atoms with Crippen molar-refractivity contribution in [2.45, 2.75) is 13.0 Å². The average Bonchev–Trinajstić information content (AvgIpc) is 2.32. The number of benzene rings is 2. The van der Waals surface area contributed by atoms with Crippen molar-refractivity contribution in [3.8, 4) is 0 Å². The van der Waals surface area contributed by atoms with Crippen LogP contribution in [0.15, 0.2) is 42.5 Å². The largest absolute Gasteiger partial charge is 0.384 e. The van der Waals surface area contributed by atoms with Crippen LogP contribution in [0.2, 0.25) is 0 Å². The lowest BCUT2D eigenvalue weighted by atomic mass is 9.99. The number of rotatable bonds is 2. The van der Waals surface area contributed by atoms with E-state index in [2.05, 4.69) is 22.6 Å². The van der Waals surface area contributed by atoms with Crippen molar-refractivity contribution >= 4 is 22.6 Å². The van der Waals surface area contributed by atoms with Crippen LogP contribution in [0, 0.1) is 16.3 Å². The molecule has 0 radical (unpaired) electrons. The van der Waals surface area contributed by atoms with E-state index in [-0.39, 0.29) is 5.82 Å². The van der Waals surface area contributed by atoms with Crippen molar-refractivity contribution in [2.24, 2.45) is 0 Å². The van der Waals surface area contributed by atoms with Gasteiger partial charge in [-0.15, -0.1) is 0 Å². The summed E-state index contributed by atoms with van der Waals surface area (Å²) in [6.07, 6.45) is -0.910. The first kappa shape index (κ1) is 12.5. The minimum absolute atomic E-state index is 0.325. The topological polar surface area (TPSA) is 20.2 Å². The van der Waals surface area contributed by atoms with Gasteiger partial charge >= 0.3 is 0 Å². The van der Waals surface area contributed by atoms with E-state index in [1.807, 2.05) is 31.2 Å². The van der Waals surface area contributed by atoms with Crippen LogP contribution in [-0.4, -0.2) is 5.11 Å². The second kappa shape index (κ2) is 5.14. The summed E-state index contributed by atoms with van der Waals surface area (Å²) in [6, 6.07) is 12.2. The van der Waals surface area contributed by atoms with Gasteiger partial charge in [-0.05, 0) is 53.3 Å². The maximum Gasteiger partial charge on any atom is 0.129 e. The second-order valence-electron chi connectivity index (χ2n) is 3.98. The fourth-order valence-corrected chi connectivity index (χ4v) is 2.06. The SMILES string of the molecule is Cc1ccc(F)c(C(O)c2ccc(I)cc2)c1. The van der Waals surface area contributed by atoms with Gasteiger partial charge in [0.1, 0.15) is 11.9 Å². The zero-order valence-electron chi connectivity index (χ0n) is 9.32. The molecule has 3 heteroatoms. The Kier molecular flexibility index (Phi) is 3.79. The fraction of sp³-hybridized carbons (Fsp3) is 0.143. The summed E-state index contributed by atoms with van der Waals surface area (Å²) in [5, 5.41) is 10.1. The molecule has 0 aliphatic heterocycles. The normalized spacial score (nSPS) is 12.5. The van der Waals surface area contributed by atoms with Gasteiger partial charge in [-0.2, -0.15) is 0 Å². The molecule has 1 N–H and O–H groups in total. The summed E-state index contributed by atoms with van der Waals surface area (Å²) in [5.74, 6) is -0.373. The van der Waals surface area contributed by atoms with Gasteiger partial charge in [-0.25, -0.2) is 4.39 Å². The highest BCUT2D eigenvalue weighted by Crippen LogP contribution is 2.25. The standard InChI is InChI=1S/C14H12FIO/c1-9-2-7-13(15)12(8-9)14(17)10-3-5-11(16)6-4-10/h2-8,14,17H,1H3. The molecule has 0 saturated carbocycles. The monoisotopic (exact) mass is 342 g/mol. The maximum atomic E-state index is 13.6. The molecule has 17 heavy (non-hydrogen) atoms. The second-order valence-corrected chi connectivity index (χ2v) is 5.22. The molecule has 1 nitrogen and oxygen atoms in total. The predicted molar refractivity (Wildman–Crippen MR) is 74.4 cm³/mol. The molecule has 0 saturated heterocycles. The molecule has 0 heterocycles. The van der Waals surface area contributed by atoms with Gasteiger partial charge in [-0.3, -0.25) is 0 Å². The van der Waals surface area contributed by atoms with Crippen LogP contribution in [-0.2, 0) is 0 Å². The summed E-state index contributed by atoms with van der Waals surface area (Å²) in [5.41, 5.74) is 1.96. The first-order chi connectivity index (χ1) is 8.08. The van der Waals surface area contributed by atoms with Crippen molar-refractivity contribution in [3.63, 3.8) is 0 Å². The van der Waals surface area contributed by atoms with Crippen molar-refractivity contribution in [3.05, 3.63) is 68.5 Å². The minimum Gasteiger partial charge on any atom is -0.384 e. The van der Waals surface area contributed by atoms with Crippen LogP contribution in [0.4, 0.5) is 4.39 Å². The van der Waals surface area contributed by atoms with E-state index in [4.69, 9.17) is 0 Å². The molecular formula is C14H12FIO. The van der Waals surface area contributed by atoms with Crippen LogP contribution in [0.3, 0.4) is 0 Å². The van der Waals surface area contributed by atoms with Gasteiger partial charge < -0.3 is 5.11 Å². The minimum atomic E-state index is -0.910. The maximum absolute atomic E-state index is 13.6. The molecule has 0 spiro atoms. The first-order valence-corrected chi connectivity index (χ1v) is 6.35. The Balaban J connectivity index is 2.39. The fourth-order valence-electron chi connectivity index (χ4n) is 1.70. The molecule has 1 atom stereocenters. The summed E-state index contributed by atoms with van der Waals surface area (Å²) in [4.78, 5) is 0. The molecular weight excluding hydrogens is 330 g/mol. The van der Waals surface area contributed by atoms with E-state index >= 15 is 0 Å². The number of halogens is 2. The number of aryl methyl sites for hydroxylation is 1. The highest BCUT2D eigenvalue weighted by molar-refractivity contribution is 14.1. The molecule has 0 aliphatic carbocycles. The third-order valence-electron chi connectivity index (χ3n) is 2.63. The number of hydrogen-bond donors (Lipinski definition) is 1. The Hall–Kier alpha value is -0.940. The molecule has 0 bridgehead atoms. The molecule has 2 aromatic rings. The van der Waals surface area contributed by atoms with E-state index in [1.165, 1.54) is 6.07 Å². The molecule has 1 unspecified atom stereocenters. The predicted octanol–water partition coefficient (Wildman–Crippen LogP) is 3.82. The number of hydrogen-bond acceptors (Lipinski definition) is 1. The van der Waals surface area contributed by atoms with Crippen LogP contribution in [0.5, 0.6) is 0 Å². The summed E-state index contributed by atoms with van der Waals surface area (Å²) in [6.45, 7) is 1.88. The third-order valence-corrected chi connectivity index (χ3v) is 3.35. The summed E-state index contributed by atoms with van der Waals surface area (Å²) >= 11 is 2.19. The van der Waals surface area contributed by atoms with E-state index in [0.29, 0.717) is 11.1 Å². The quantitative estimate of drug-likeness (QED) is 0.823. The Morgan fingerprint density at radius 2 is 1.76 bits per heavy atom. The van der Waals surface area contributed by atoms with Gasteiger partial charge in [0.2, 0.25) is 0 Å². The van der Waals surface area contributed by atoms with Crippen LogP contribution < -0.4 is 0 Å². The molecule has 2 aromatic carbocycles. The van der Waals surface area contributed by atoms with Gasteiger partial charge in [0, 0.05) is 9.13 Å². The Morgan fingerprint density at radius 3 is 2.41 bits per heavy atom. The van der Waals surface area contributed by atoms with Gasteiger partial charge in [0.15, 0.2) is 0 Å². The van der Waals surface area contributed by atoms with Crippen LogP contribution in [0.1, 0.15) is 22.8 Å². The number of aliphatic hydroxyl groups is 1. The number of aliphatic hydroxyl groups excluding tert-OH is 1. The first-order valence-electron chi connectivity index (χ1n) is 5.27. The summed E-state index contributed by atoms with van der Waals surface area (Å²) < 4.78 is 14.7. The van der Waals surface area contributed by atoms with Crippen molar-refractivity contribution in [1.29, 1.82) is 0 Å². The van der Waals surface area contributed by atoms with E-state index in [1.54, 1.807) is 12.1 Å². The molecule has 0 fully saturated rings. The lowest BCUT2D eigenvalue weighted by Gasteiger charge is -2.13. The molecule has 0 aromatic heterocycles. The van der Waals surface area contributed by atoms with E-state index < -0.39 is 6.10 Å². The Bertz CT molecular complexity index is 522. The van der Waals surface area contributed by atoms with Gasteiger partial charge in [-0.1, -0.05) is 29.8 Å². The van der Waals surface area contributed by atoms with Crippen LogP contribution in [0.25, 0.3) is 0 Å². The molecule has 2 rings (SSSR count). The lowest BCUT2D eigenvalue weighted by Crippen LogP contribution is -2.03. The zero-order valence-corrected chi connectivity index (χ0v) is 11.5. The smallest absolute Gasteiger partial charge is 0.129 e. The van der Waals surface area contributed by atoms with E-state index in [9.17, 15) is 9.50 Å². The van der Waals surface area contributed by atoms with Gasteiger partial charge in [0.05, 0.1) is 0 Å². The highest BCUT2D eigenvalue weighted by Gasteiger charge is 2.14. The van der Waals surface area contributed by atoms with Crippen molar-refractivity contribution in [2.75, 3.05) is 0 Å². The lowest BCUT2D eigenvalue weighted by molar-refractivity contribution is 0.215. The average molecular weight is 342 g/mol. The molecule has 88 valence electrons. The van der Waals surface area contributed by atoms with E-state index in [0.717, 1.165) is 9.13 Å². The van der Waals surface area contributed by atoms with Crippen molar-refractivity contribution < 1.29 is 9.50 Å². The Labute approximate surface area is 113 Å². The van der Waals surface area contributed by atoms with Gasteiger partial charge in [0.25, 0.3) is 0 Å². The van der Waals surface area contributed by atoms with Crippen LogP contribution >= 0.6 is 22.6 Å². The zero-order chi connectivity index (χ0) is 12.4. The molecule has 0 amide bonds. The Morgan fingerprint density at radius 1 is 1.12 bits per heavy atom. The molecule has 0 aliphatic rings. The summed E-state index contributed by atoms with van der Waals surface area (Å²) in [7, 11) is 0. The van der Waals surface area contributed by atoms with Crippen molar-refractivity contribution in [1.82, 2.24) is 0 Å².